The smallest absolute Gasteiger partial charge is 0.311 e. The number of amides is 1. The largest absolute Gasteiger partial charge is 0.502 e. The number of methoxy groups -OCH3 is 1. The Balaban J connectivity index is 2.15. The highest BCUT2D eigenvalue weighted by atomic mass is 16.6. The highest BCUT2D eigenvalue weighted by molar-refractivity contribution is 5.95. The van der Waals surface area contributed by atoms with E-state index in [4.69, 9.17) is 4.74 Å². The van der Waals surface area contributed by atoms with Crippen molar-refractivity contribution in [1.82, 2.24) is 5.32 Å². The van der Waals surface area contributed by atoms with Gasteiger partial charge in [0.1, 0.15) is 0 Å². The molecular formula is C15H20N2O5. The van der Waals surface area contributed by atoms with Crippen LogP contribution in [0.3, 0.4) is 0 Å². The van der Waals surface area contributed by atoms with Gasteiger partial charge in [-0.25, -0.2) is 0 Å². The number of hydrogen-bond donors (Lipinski definition) is 2. The normalized spacial score (nSPS) is 26.1. The van der Waals surface area contributed by atoms with E-state index in [0.29, 0.717) is 6.42 Å². The van der Waals surface area contributed by atoms with Crippen LogP contribution in [0.2, 0.25) is 0 Å². The molecule has 1 aliphatic rings. The van der Waals surface area contributed by atoms with E-state index in [9.17, 15) is 20.0 Å². The number of rotatable bonds is 4. The van der Waals surface area contributed by atoms with Gasteiger partial charge in [-0.05, 0) is 25.5 Å². The molecule has 1 saturated carbocycles. The minimum Gasteiger partial charge on any atom is -0.502 e. The lowest BCUT2D eigenvalue weighted by Gasteiger charge is -2.59. The van der Waals surface area contributed by atoms with E-state index >= 15 is 0 Å². The molecule has 1 aromatic rings. The van der Waals surface area contributed by atoms with E-state index in [1.807, 2.05) is 20.8 Å². The van der Waals surface area contributed by atoms with E-state index < -0.39 is 22.3 Å². The molecule has 0 spiro atoms. The highest BCUT2D eigenvalue weighted by Gasteiger charge is 2.58. The molecule has 0 aromatic heterocycles. The molecule has 0 unspecified atom stereocenters. The molecule has 7 heteroatoms. The second-order valence-corrected chi connectivity index (χ2v) is 6.35. The molecule has 0 bridgehead atoms. The zero-order valence-corrected chi connectivity index (χ0v) is 13.0. The number of benzene rings is 1. The summed E-state index contributed by atoms with van der Waals surface area (Å²) in [4.78, 5) is 22.4. The third-order valence-electron chi connectivity index (χ3n) is 5.02. The Morgan fingerprint density at radius 1 is 1.45 bits per heavy atom. The van der Waals surface area contributed by atoms with E-state index in [2.05, 4.69) is 5.32 Å². The van der Waals surface area contributed by atoms with Crippen molar-refractivity contribution in [3.63, 3.8) is 0 Å². The van der Waals surface area contributed by atoms with E-state index in [-0.39, 0.29) is 22.6 Å². The van der Waals surface area contributed by atoms with Gasteiger partial charge in [-0.1, -0.05) is 13.8 Å². The van der Waals surface area contributed by atoms with Gasteiger partial charge in [0.15, 0.2) is 5.75 Å². The van der Waals surface area contributed by atoms with Gasteiger partial charge in [0.2, 0.25) is 0 Å². The summed E-state index contributed by atoms with van der Waals surface area (Å²) in [6.07, 6.45) is 0.669. The first-order chi connectivity index (χ1) is 10.1. The van der Waals surface area contributed by atoms with Crippen molar-refractivity contribution in [1.29, 1.82) is 0 Å². The van der Waals surface area contributed by atoms with Gasteiger partial charge in [-0.15, -0.1) is 0 Å². The number of phenolic OH excluding ortho intramolecular Hbond substituents is 1. The van der Waals surface area contributed by atoms with Crippen LogP contribution in [-0.2, 0) is 4.74 Å². The second kappa shape index (κ2) is 5.24. The van der Waals surface area contributed by atoms with Crippen molar-refractivity contribution < 1.29 is 19.6 Å². The van der Waals surface area contributed by atoms with Gasteiger partial charge >= 0.3 is 5.69 Å². The Kier molecular flexibility index (Phi) is 3.87. The first-order valence-electron chi connectivity index (χ1n) is 6.96. The van der Waals surface area contributed by atoms with Crippen LogP contribution < -0.4 is 5.32 Å². The number of hydrogen-bond acceptors (Lipinski definition) is 5. The lowest BCUT2D eigenvalue weighted by Crippen LogP contribution is -2.68. The standard InChI is InChI=1S/C15H20N2O5/c1-14(2)12(8-15(14,3)22-4)16-13(19)9-5-6-11(18)10(7-9)17(20)21/h5-7,12,18H,8H2,1-4H3,(H,16,19)/t12-,15-/m0/s1. The van der Waals surface area contributed by atoms with E-state index in [1.54, 1.807) is 7.11 Å². The highest BCUT2D eigenvalue weighted by Crippen LogP contribution is 2.51. The number of nitrogens with one attached hydrogen (secondary N) is 1. The molecular weight excluding hydrogens is 288 g/mol. The van der Waals surface area contributed by atoms with Crippen molar-refractivity contribution in [2.24, 2.45) is 5.41 Å². The minimum absolute atomic E-state index is 0.0854. The van der Waals surface area contributed by atoms with Gasteiger partial charge in [-0.2, -0.15) is 0 Å². The second-order valence-electron chi connectivity index (χ2n) is 6.35. The SMILES string of the molecule is CO[C@@]1(C)C[C@H](NC(=O)c2ccc(O)c([N+](=O)[O-])c2)C1(C)C. The fraction of sp³-hybridized carbons (Fsp3) is 0.533. The summed E-state index contributed by atoms with van der Waals surface area (Å²) >= 11 is 0. The van der Waals surface area contributed by atoms with Gasteiger partial charge in [0.05, 0.1) is 10.5 Å². The summed E-state index contributed by atoms with van der Waals surface area (Å²) in [5.74, 6) is -0.864. The third-order valence-corrected chi connectivity index (χ3v) is 5.02. The molecule has 1 aromatic carbocycles. The number of carbonyl (C=O) groups is 1. The first kappa shape index (κ1) is 16.2. The molecule has 2 rings (SSSR count). The molecule has 1 amide bonds. The third kappa shape index (κ3) is 2.41. The fourth-order valence-electron chi connectivity index (χ4n) is 2.78. The molecule has 120 valence electrons. The molecule has 2 N–H and O–H groups in total. The Labute approximate surface area is 128 Å². The Hall–Kier alpha value is -2.15. The van der Waals surface area contributed by atoms with Gasteiger partial charge in [-0.3, -0.25) is 14.9 Å². The fourth-order valence-corrected chi connectivity index (χ4v) is 2.78. The number of aromatic hydroxyl groups is 1. The summed E-state index contributed by atoms with van der Waals surface area (Å²) < 4.78 is 5.50. The van der Waals surface area contributed by atoms with Crippen LogP contribution in [0.15, 0.2) is 18.2 Å². The molecule has 0 aliphatic heterocycles. The molecule has 0 radical (unpaired) electrons. The van der Waals surface area contributed by atoms with Crippen LogP contribution >= 0.6 is 0 Å². The minimum atomic E-state index is -0.721. The summed E-state index contributed by atoms with van der Waals surface area (Å²) in [6, 6.07) is 3.50. The Morgan fingerprint density at radius 3 is 2.59 bits per heavy atom. The zero-order chi connectivity index (χ0) is 16.7. The Bertz CT molecular complexity index is 628. The molecule has 0 saturated heterocycles. The van der Waals surface area contributed by atoms with Crippen LogP contribution in [-0.4, -0.2) is 34.7 Å². The van der Waals surface area contributed by atoms with Crippen molar-refractivity contribution >= 4 is 11.6 Å². The van der Waals surface area contributed by atoms with Crippen molar-refractivity contribution in [2.45, 2.75) is 38.8 Å². The van der Waals surface area contributed by atoms with Gasteiger partial charge in [0.25, 0.3) is 5.91 Å². The zero-order valence-electron chi connectivity index (χ0n) is 13.0. The summed E-state index contributed by atoms with van der Waals surface area (Å²) in [5, 5.41) is 23.1. The first-order valence-corrected chi connectivity index (χ1v) is 6.96. The van der Waals surface area contributed by atoms with Crippen LogP contribution in [0, 0.1) is 15.5 Å². The number of nitro groups is 1. The summed E-state index contributed by atoms with van der Waals surface area (Å²) in [6.45, 7) is 6.00. The van der Waals surface area contributed by atoms with Crippen molar-refractivity contribution in [3.05, 3.63) is 33.9 Å². The van der Waals surface area contributed by atoms with Crippen LogP contribution in [0.4, 0.5) is 5.69 Å². The van der Waals surface area contributed by atoms with Crippen LogP contribution in [0.1, 0.15) is 37.6 Å². The molecule has 1 aliphatic carbocycles. The van der Waals surface area contributed by atoms with Crippen molar-refractivity contribution in [2.75, 3.05) is 7.11 Å². The van der Waals surface area contributed by atoms with Gasteiger partial charge < -0.3 is 15.2 Å². The van der Waals surface area contributed by atoms with Crippen LogP contribution in [0.25, 0.3) is 0 Å². The molecule has 22 heavy (non-hydrogen) atoms. The summed E-state index contributed by atoms with van der Waals surface area (Å²) in [7, 11) is 1.64. The maximum Gasteiger partial charge on any atom is 0.311 e. The monoisotopic (exact) mass is 308 g/mol. The lowest BCUT2D eigenvalue weighted by molar-refractivity contribution is -0.385. The predicted molar refractivity (Wildman–Crippen MR) is 79.8 cm³/mol. The average molecular weight is 308 g/mol. The topological polar surface area (TPSA) is 102 Å². The molecule has 0 heterocycles. The molecule has 2 atom stereocenters. The van der Waals surface area contributed by atoms with Gasteiger partial charge in [0, 0.05) is 30.2 Å². The number of ether oxygens (including phenoxy) is 1. The quantitative estimate of drug-likeness (QED) is 0.656. The Morgan fingerprint density at radius 2 is 2.09 bits per heavy atom. The number of phenols is 1. The van der Waals surface area contributed by atoms with Crippen LogP contribution in [0.5, 0.6) is 5.75 Å². The summed E-state index contributed by atoms with van der Waals surface area (Å²) in [5.41, 5.74) is -0.903. The number of carbonyl (C=O) groups excluding carboxylic acids is 1. The maximum atomic E-state index is 12.3. The molecule has 7 nitrogen and oxygen atoms in total. The predicted octanol–water partition coefficient (Wildman–Crippen LogP) is 2.23. The maximum absolute atomic E-state index is 12.3. The van der Waals surface area contributed by atoms with E-state index in [1.165, 1.54) is 6.07 Å². The van der Waals surface area contributed by atoms with Crippen molar-refractivity contribution in [3.8, 4) is 5.75 Å². The van der Waals surface area contributed by atoms with E-state index in [0.717, 1.165) is 12.1 Å². The lowest BCUT2D eigenvalue weighted by atomic mass is 9.56. The molecule has 1 fully saturated rings. The average Bonchev–Trinajstić information content (AvgIpc) is 2.46. The number of nitrogens with zero attached hydrogens (tertiary/aromatic N) is 1. The number of nitro benzene ring substituents is 1.